The molecule has 4 rings (SSSR count). The Labute approximate surface area is 161 Å². The molecule has 1 amide bonds. The summed E-state index contributed by atoms with van der Waals surface area (Å²) >= 11 is 1.34. The molecule has 1 aromatic heterocycles. The Morgan fingerprint density at radius 2 is 2.00 bits per heavy atom. The fraction of sp³-hybridized carbons (Fsp3) is 0.263. The number of tetrazole rings is 1. The summed E-state index contributed by atoms with van der Waals surface area (Å²) in [6.45, 7) is 3.29. The molecule has 8 heteroatoms. The van der Waals surface area contributed by atoms with Gasteiger partial charge in [-0.2, -0.15) is 4.68 Å². The number of thioether (sulfide) groups is 1. The van der Waals surface area contributed by atoms with E-state index in [2.05, 4.69) is 21.6 Å². The molecule has 0 aliphatic carbocycles. The number of benzene rings is 2. The first-order valence-electron chi connectivity index (χ1n) is 8.79. The molecule has 0 radical (unpaired) electrons. The monoisotopic (exact) mass is 381 g/mol. The fourth-order valence-electron chi connectivity index (χ4n) is 3.08. The molecule has 0 bridgehead atoms. The summed E-state index contributed by atoms with van der Waals surface area (Å²) in [4.78, 5) is 14.5. The Morgan fingerprint density at radius 1 is 1.19 bits per heavy atom. The van der Waals surface area contributed by atoms with E-state index < -0.39 is 0 Å². The van der Waals surface area contributed by atoms with Gasteiger partial charge in [0.25, 0.3) is 0 Å². The summed E-state index contributed by atoms with van der Waals surface area (Å²) in [6, 6.07) is 15.6. The average molecular weight is 381 g/mol. The van der Waals surface area contributed by atoms with Gasteiger partial charge < -0.3 is 9.64 Å². The first kappa shape index (κ1) is 17.5. The van der Waals surface area contributed by atoms with E-state index in [1.807, 2.05) is 54.3 Å². The minimum atomic E-state index is 0.0613. The maximum atomic E-state index is 12.7. The molecule has 2 heterocycles. The number of hydrogen-bond acceptors (Lipinski definition) is 6. The van der Waals surface area contributed by atoms with Crippen LogP contribution in [-0.2, 0) is 11.2 Å². The Morgan fingerprint density at radius 3 is 2.81 bits per heavy atom. The number of rotatable bonds is 6. The molecule has 7 nitrogen and oxygen atoms in total. The Bertz CT molecular complexity index is 941. The van der Waals surface area contributed by atoms with Crippen LogP contribution in [0.5, 0.6) is 5.75 Å². The van der Waals surface area contributed by atoms with Crippen molar-refractivity contribution in [3.63, 3.8) is 0 Å². The molecule has 1 aliphatic rings. The summed E-state index contributed by atoms with van der Waals surface area (Å²) in [7, 11) is 0. The van der Waals surface area contributed by atoms with Crippen molar-refractivity contribution in [2.75, 3.05) is 23.8 Å². The lowest BCUT2D eigenvalue weighted by molar-refractivity contribution is -0.116. The highest BCUT2D eigenvalue weighted by molar-refractivity contribution is 7.99. The molecule has 1 aliphatic heterocycles. The highest BCUT2D eigenvalue weighted by Crippen LogP contribution is 2.29. The first-order chi connectivity index (χ1) is 13.3. The number of anilines is 1. The zero-order valence-corrected chi connectivity index (χ0v) is 15.7. The second-order valence-electron chi connectivity index (χ2n) is 6.01. The van der Waals surface area contributed by atoms with Gasteiger partial charge in [0.1, 0.15) is 5.75 Å². The van der Waals surface area contributed by atoms with Crippen molar-refractivity contribution in [1.82, 2.24) is 20.2 Å². The van der Waals surface area contributed by atoms with Gasteiger partial charge in [0.05, 0.1) is 18.0 Å². The Balaban J connectivity index is 1.44. The zero-order chi connectivity index (χ0) is 18.6. The second kappa shape index (κ2) is 7.79. The lowest BCUT2D eigenvalue weighted by Crippen LogP contribution is -2.30. The number of ether oxygens (including phenoxy) is 1. The van der Waals surface area contributed by atoms with E-state index in [1.54, 1.807) is 4.68 Å². The molecule has 0 N–H and O–H groups in total. The first-order valence-corrected chi connectivity index (χ1v) is 9.77. The molecule has 3 aromatic rings. The van der Waals surface area contributed by atoms with Crippen LogP contribution in [0.15, 0.2) is 53.7 Å². The number of fused-ring (bicyclic) bond motifs is 1. The van der Waals surface area contributed by atoms with Crippen molar-refractivity contribution in [3.8, 4) is 11.4 Å². The smallest absolute Gasteiger partial charge is 0.237 e. The lowest BCUT2D eigenvalue weighted by atomic mass is 10.2. The summed E-state index contributed by atoms with van der Waals surface area (Å²) in [5, 5.41) is 12.4. The topological polar surface area (TPSA) is 73.1 Å². The SMILES string of the molecule is CCOc1ccc(-n2nnnc2SCC(=O)N2CCc3ccccc32)cc1. The number of carbonyl (C=O) groups excluding carboxylic acids is 1. The van der Waals surface area contributed by atoms with Gasteiger partial charge in [-0.25, -0.2) is 0 Å². The van der Waals surface area contributed by atoms with Gasteiger partial charge in [-0.05, 0) is 59.7 Å². The number of carbonyl (C=O) groups is 1. The van der Waals surface area contributed by atoms with Crippen LogP contribution in [0.2, 0.25) is 0 Å². The van der Waals surface area contributed by atoms with Gasteiger partial charge in [0.15, 0.2) is 0 Å². The number of para-hydroxylation sites is 1. The largest absolute Gasteiger partial charge is 0.494 e. The van der Waals surface area contributed by atoms with Gasteiger partial charge in [0.2, 0.25) is 11.1 Å². The van der Waals surface area contributed by atoms with E-state index in [0.29, 0.717) is 11.8 Å². The molecule has 0 atom stereocenters. The predicted molar refractivity (Wildman–Crippen MR) is 104 cm³/mol. The molecule has 138 valence electrons. The van der Waals surface area contributed by atoms with E-state index >= 15 is 0 Å². The minimum Gasteiger partial charge on any atom is -0.494 e. The number of amides is 1. The van der Waals surface area contributed by atoms with Crippen molar-refractivity contribution in [2.24, 2.45) is 0 Å². The summed E-state index contributed by atoms with van der Waals surface area (Å²) < 4.78 is 7.09. The third-order valence-corrected chi connectivity index (χ3v) is 5.25. The van der Waals surface area contributed by atoms with E-state index in [4.69, 9.17) is 4.74 Å². The molecular weight excluding hydrogens is 362 g/mol. The maximum absolute atomic E-state index is 12.7. The van der Waals surface area contributed by atoms with Crippen molar-refractivity contribution in [1.29, 1.82) is 0 Å². The molecule has 0 fully saturated rings. The second-order valence-corrected chi connectivity index (χ2v) is 6.96. The van der Waals surface area contributed by atoms with Crippen LogP contribution < -0.4 is 9.64 Å². The Kier molecular flexibility index (Phi) is 5.06. The quantitative estimate of drug-likeness (QED) is 0.612. The number of nitrogens with zero attached hydrogens (tertiary/aromatic N) is 5. The minimum absolute atomic E-state index is 0.0613. The van der Waals surface area contributed by atoms with E-state index in [9.17, 15) is 4.79 Å². The van der Waals surface area contributed by atoms with E-state index in [1.165, 1.54) is 17.3 Å². The maximum Gasteiger partial charge on any atom is 0.237 e. The van der Waals surface area contributed by atoms with E-state index in [0.717, 1.165) is 30.1 Å². The number of hydrogen-bond donors (Lipinski definition) is 0. The van der Waals surface area contributed by atoms with Gasteiger partial charge in [-0.3, -0.25) is 4.79 Å². The number of aromatic nitrogens is 4. The van der Waals surface area contributed by atoms with Crippen LogP contribution in [0, 0.1) is 0 Å². The van der Waals surface area contributed by atoms with Crippen LogP contribution in [0.4, 0.5) is 5.69 Å². The average Bonchev–Trinajstić information content (AvgIpc) is 3.34. The standard InChI is InChI=1S/C19H19N5O2S/c1-2-26-16-9-7-15(8-10-16)24-19(20-21-22-24)27-13-18(25)23-12-11-14-5-3-4-6-17(14)23/h3-10H,2,11-13H2,1H3. The van der Waals surface area contributed by atoms with Crippen LogP contribution in [0.3, 0.4) is 0 Å². The predicted octanol–water partition coefficient (Wildman–Crippen LogP) is 2.74. The molecule has 27 heavy (non-hydrogen) atoms. The summed E-state index contributed by atoms with van der Waals surface area (Å²) in [5.41, 5.74) is 3.05. The van der Waals surface area contributed by atoms with Crippen LogP contribution >= 0.6 is 11.8 Å². The molecule has 0 spiro atoms. The van der Waals surface area contributed by atoms with Gasteiger partial charge in [-0.15, -0.1) is 5.10 Å². The third kappa shape index (κ3) is 3.66. The molecular formula is C19H19N5O2S. The normalized spacial score (nSPS) is 12.9. The lowest BCUT2D eigenvalue weighted by Gasteiger charge is -2.16. The van der Waals surface area contributed by atoms with Crippen molar-refractivity contribution in [3.05, 3.63) is 54.1 Å². The van der Waals surface area contributed by atoms with Gasteiger partial charge >= 0.3 is 0 Å². The molecule has 0 unspecified atom stereocenters. The molecule has 0 saturated heterocycles. The van der Waals surface area contributed by atoms with Crippen molar-refractivity contribution < 1.29 is 9.53 Å². The molecule has 0 saturated carbocycles. The third-order valence-electron chi connectivity index (χ3n) is 4.35. The zero-order valence-electron chi connectivity index (χ0n) is 14.9. The van der Waals surface area contributed by atoms with Gasteiger partial charge in [0, 0.05) is 12.2 Å². The van der Waals surface area contributed by atoms with Crippen molar-refractivity contribution in [2.45, 2.75) is 18.5 Å². The van der Waals surface area contributed by atoms with Crippen LogP contribution in [-0.4, -0.2) is 45.0 Å². The van der Waals surface area contributed by atoms with Crippen molar-refractivity contribution >= 4 is 23.4 Å². The molecule has 2 aromatic carbocycles. The van der Waals surface area contributed by atoms with Crippen LogP contribution in [0.25, 0.3) is 5.69 Å². The van der Waals surface area contributed by atoms with Gasteiger partial charge in [-0.1, -0.05) is 30.0 Å². The summed E-state index contributed by atoms with van der Waals surface area (Å²) in [5.74, 6) is 1.14. The highest BCUT2D eigenvalue weighted by Gasteiger charge is 2.24. The fourth-order valence-corrected chi connectivity index (χ4v) is 3.85. The summed E-state index contributed by atoms with van der Waals surface area (Å²) in [6.07, 6.45) is 0.899. The van der Waals surface area contributed by atoms with E-state index in [-0.39, 0.29) is 11.7 Å². The Hall–Kier alpha value is -2.87. The van der Waals surface area contributed by atoms with Crippen LogP contribution in [0.1, 0.15) is 12.5 Å². The highest BCUT2D eigenvalue weighted by atomic mass is 32.2.